The van der Waals surface area contributed by atoms with E-state index >= 15 is 0 Å². The van der Waals surface area contributed by atoms with Gasteiger partial charge in [-0.3, -0.25) is 0 Å². The van der Waals surface area contributed by atoms with Crippen molar-refractivity contribution in [2.75, 3.05) is 12.3 Å². The number of nitrogens with zero attached hydrogens (tertiary/aromatic N) is 4. The highest BCUT2D eigenvalue weighted by Crippen LogP contribution is 2.36. The van der Waals surface area contributed by atoms with Crippen LogP contribution in [0.2, 0.25) is 10.0 Å². The molecule has 2 atom stereocenters. The number of sulfone groups is 1. The van der Waals surface area contributed by atoms with E-state index in [2.05, 4.69) is 15.5 Å². The highest BCUT2D eigenvalue weighted by molar-refractivity contribution is 7.91. The molecule has 2 aliphatic rings. The highest BCUT2D eigenvalue weighted by Gasteiger charge is 2.37. The third-order valence-corrected chi connectivity index (χ3v) is 8.99. The molecule has 0 radical (unpaired) electrons. The molecular weight excluding hydrogens is 509 g/mol. The normalized spacial score (nSPS) is 21.1. The minimum Gasteiger partial charge on any atom is -0.331 e. The lowest BCUT2D eigenvalue weighted by molar-refractivity contribution is 0.185. The van der Waals surface area contributed by atoms with Crippen molar-refractivity contribution in [1.82, 2.24) is 25.0 Å². The molecule has 8 nitrogen and oxygen atoms in total. The van der Waals surface area contributed by atoms with Crippen LogP contribution in [0.15, 0.2) is 47.4 Å². The van der Waals surface area contributed by atoms with Crippen LogP contribution < -0.4 is 5.32 Å². The maximum Gasteiger partial charge on any atom is 0.318 e. The molecule has 1 saturated heterocycles. The van der Waals surface area contributed by atoms with Crippen molar-refractivity contribution < 1.29 is 13.2 Å². The predicted molar refractivity (Wildman–Crippen MR) is 133 cm³/mol. The Kier molecular flexibility index (Phi) is 6.50. The third-order valence-electron chi connectivity index (χ3n) is 6.69. The van der Waals surface area contributed by atoms with Gasteiger partial charge in [-0.05, 0) is 67.6 Å². The molecule has 0 bridgehead atoms. The Labute approximate surface area is 214 Å². The molecule has 1 fully saturated rings. The van der Waals surface area contributed by atoms with Crippen LogP contribution in [0.5, 0.6) is 0 Å². The topological polar surface area (TPSA) is 97.2 Å². The Morgan fingerprint density at radius 2 is 1.83 bits per heavy atom. The molecule has 35 heavy (non-hydrogen) atoms. The Hall–Kier alpha value is -2.62. The summed E-state index contributed by atoms with van der Waals surface area (Å²) in [7, 11) is -3.39. The molecule has 3 aromatic rings. The van der Waals surface area contributed by atoms with E-state index in [0.717, 1.165) is 30.1 Å². The first-order valence-corrected chi connectivity index (χ1v) is 13.9. The summed E-state index contributed by atoms with van der Waals surface area (Å²) in [5, 5.41) is 12.9. The summed E-state index contributed by atoms with van der Waals surface area (Å²) in [6.07, 6.45) is 1.91. The fourth-order valence-electron chi connectivity index (χ4n) is 4.89. The molecule has 5 rings (SSSR count). The van der Waals surface area contributed by atoms with Crippen LogP contribution in [0.25, 0.3) is 0 Å². The molecule has 0 spiro atoms. The maximum atomic E-state index is 13.4. The molecule has 184 valence electrons. The SMILES string of the molecule is Cc1nnc([C@H]2CCCN2C(=O)N[C@@H]2CCS(=O)(=O)c3ccc(Cl)cc32)n1Cc1ccc(Cl)cc1. The number of urea groups is 1. The first-order valence-electron chi connectivity index (χ1n) is 11.5. The van der Waals surface area contributed by atoms with Crippen molar-refractivity contribution in [2.24, 2.45) is 0 Å². The van der Waals surface area contributed by atoms with Gasteiger partial charge in [-0.25, -0.2) is 13.2 Å². The Morgan fingerprint density at radius 3 is 2.60 bits per heavy atom. The van der Waals surface area contributed by atoms with Gasteiger partial charge in [0.2, 0.25) is 0 Å². The second-order valence-electron chi connectivity index (χ2n) is 8.96. The molecule has 0 saturated carbocycles. The van der Waals surface area contributed by atoms with E-state index in [1.165, 1.54) is 6.07 Å². The number of aryl methyl sites for hydroxylation is 1. The second-order valence-corrected chi connectivity index (χ2v) is 11.9. The monoisotopic (exact) mass is 533 g/mol. The van der Waals surface area contributed by atoms with Gasteiger partial charge in [0.1, 0.15) is 5.82 Å². The number of aromatic nitrogens is 3. The van der Waals surface area contributed by atoms with E-state index in [1.807, 2.05) is 35.8 Å². The maximum absolute atomic E-state index is 13.4. The number of carbonyl (C=O) groups excluding carboxylic acids is 1. The molecule has 3 heterocycles. The predicted octanol–water partition coefficient (Wildman–Crippen LogP) is 4.71. The zero-order valence-corrected chi connectivity index (χ0v) is 21.4. The number of hydrogen-bond acceptors (Lipinski definition) is 5. The second kappa shape index (κ2) is 9.44. The van der Waals surface area contributed by atoms with Crippen molar-refractivity contribution in [2.45, 2.75) is 49.7 Å². The van der Waals surface area contributed by atoms with E-state index in [0.29, 0.717) is 35.1 Å². The number of benzene rings is 2. The zero-order valence-electron chi connectivity index (χ0n) is 19.1. The quantitative estimate of drug-likeness (QED) is 0.523. The molecule has 1 N–H and O–H groups in total. The summed E-state index contributed by atoms with van der Waals surface area (Å²) in [5.41, 5.74) is 1.60. The van der Waals surface area contributed by atoms with E-state index in [-0.39, 0.29) is 22.7 Å². The number of carbonyl (C=O) groups is 1. The number of hydrogen-bond donors (Lipinski definition) is 1. The van der Waals surface area contributed by atoms with Crippen LogP contribution in [0, 0.1) is 6.92 Å². The smallest absolute Gasteiger partial charge is 0.318 e. The van der Waals surface area contributed by atoms with Crippen LogP contribution in [0.1, 0.15) is 54.1 Å². The number of amides is 2. The third kappa shape index (κ3) is 4.77. The molecule has 2 aliphatic heterocycles. The van der Waals surface area contributed by atoms with Gasteiger partial charge in [0.15, 0.2) is 15.7 Å². The number of likely N-dealkylation sites (tertiary alicyclic amines) is 1. The standard InChI is InChI=1S/C24H25Cl2N5O3S/c1-15-28-29-23(31(15)14-16-4-6-17(25)7-5-16)21-3-2-11-30(21)24(32)27-20-10-12-35(33,34)22-9-8-18(26)13-19(20)22/h4-9,13,20-21H,2-3,10-12,14H2,1H3,(H,27,32)/t20-,21-/m1/s1. The van der Waals surface area contributed by atoms with Gasteiger partial charge < -0.3 is 14.8 Å². The molecule has 11 heteroatoms. The number of halogens is 2. The Bertz CT molecular complexity index is 1370. The van der Waals surface area contributed by atoms with Crippen LogP contribution in [0.4, 0.5) is 4.79 Å². The van der Waals surface area contributed by atoms with Crippen molar-refractivity contribution in [3.63, 3.8) is 0 Å². The molecular formula is C24H25Cl2N5O3S. The van der Waals surface area contributed by atoms with Gasteiger partial charge in [-0.2, -0.15) is 0 Å². The minimum atomic E-state index is -3.39. The summed E-state index contributed by atoms with van der Waals surface area (Å²) in [5.74, 6) is 1.48. The fourth-order valence-corrected chi connectivity index (χ4v) is 6.79. The van der Waals surface area contributed by atoms with Crippen molar-refractivity contribution in [3.05, 3.63) is 75.3 Å². The zero-order chi connectivity index (χ0) is 24.7. The van der Waals surface area contributed by atoms with E-state index in [1.54, 1.807) is 17.0 Å². The van der Waals surface area contributed by atoms with Gasteiger partial charge in [0.25, 0.3) is 0 Å². The number of rotatable bonds is 4. The summed E-state index contributed by atoms with van der Waals surface area (Å²) in [4.78, 5) is 15.4. The highest BCUT2D eigenvalue weighted by atomic mass is 35.5. The van der Waals surface area contributed by atoms with Crippen molar-refractivity contribution in [1.29, 1.82) is 0 Å². The van der Waals surface area contributed by atoms with Gasteiger partial charge in [-0.1, -0.05) is 35.3 Å². The number of fused-ring (bicyclic) bond motifs is 1. The molecule has 2 amide bonds. The Balaban J connectivity index is 1.38. The lowest BCUT2D eigenvalue weighted by Crippen LogP contribution is -2.43. The lowest BCUT2D eigenvalue weighted by atomic mass is 10.0. The van der Waals surface area contributed by atoms with Crippen molar-refractivity contribution >= 4 is 39.1 Å². The first kappa shape index (κ1) is 24.1. The van der Waals surface area contributed by atoms with Gasteiger partial charge in [0, 0.05) is 16.6 Å². The summed E-state index contributed by atoms with van der Waals surface area (Å²) >= 11 is 12.2. The van der Waals surface area contributed by atoms with Crippen LogP contribution in [-0.4, -0.2) is 46.4 Å². The number of nitrogens with one attached hydrogen (secondary N) is 1. The average Bonchev–Trinajstić information content (AvgIpc) is 3.44. The van der Waals surface area contributed by atoms with Crippen LogP contribution in [-0.2, 0) is 16.4 Å². The summed E-state index contributed by atoms with van der Waals surface area (Å²) in [6.45, 7) is 3.05. The molecule has 2 aromatic carbocycles. The van der Waals surface area contributed by atoms with Gasteiger partial charge >= 0.3 is 6.03 Å². The van der Waals surface area contributed by atoms with E-state index in [9.17, 15) is 13.2 Å². The summed E-state index contributed by atoms with van der Waals surface area (Å²) < 4.78 is 27.1. The molecule has 0 aliphatic carbocycles. The minimum absolute atomic E-state index is 0.0232. The average molecular weight is 534 g/mol. The fraction of sp³-hybridized carbons (Fsp3) is 0.375. The van der Waals surface area contributed by atoms with Crippen LogP contribution >= 0.6 is 23.2 Å². The molecule has 0 unspecified atom stereocenters. The van der Waals surface area contributed by atoms with Gasteiger partial charge in [0.05, 0.1) is 29.3 Å². The van der Waals surface area contributed by atoms with Crippen molar-refractivity contribution in [3.8, 4) is 0 Å². The molecule has 1 aromatic heterocycles. The van der Waals surface area contributed by atoms with E-state index in [4.69, 9.17) is 23.2 Å². The Morgan fingerprint density at radius 1 is 1.09 bits per heavy atom. The van der Waals surface area contributed by atoms with E-state index < -0.39 is 15.9 Å². The first-order chi connectivity index (χ1) is 16.7. The van der Waals surface area contributed by atoms with Crippen LogP contribution in [0.3, 0.4) is 0 Å². The largest absolute Gasteiger partial charge is 0.331 e. The summed E-state index contributed by atoms with van der Waals surface area (Å²) in [6, 6.07) is 11.4. The lowest BCUT2D eigenvalue weighted by Gasteiger charge is -2.30. The van der Waals surface area contributed by atoms with Gasteiger partial charge in [-0.15, -0.1) is 10.2 Å².